The van der Waals surface area contributed by atoms with Gasteiger partial charge in [0.05, 0.1) is 11.3 Å². The third kappa shape index (κ3) is 4.65. The molecule has 0 spiro atoms. The highest BCUT2D eigenvalue weighted by molar-refractivity contribution is 9.10. The highest BCUT2D eigenvalue weighted by atomic mass is 79.9. The first-order valence-corrected chi connectivity index (χ1v) is 7.21. The first-order chi connectivity index (χ1) is 11.0. The average molecular weight is 382 g/mol. The van der Waals surface area contributed by atoms with Gasteiger partial charge in [-0.25, -0.2) is 4.79 Å². The van der Waals surface area contributed by atoms with Crippen LogP contribution < -0.4 is 10.9 Å². The molecule has 1 aromatic carbocycles. The first-order valence-electron chi connectivity index (χ1n) is 6.41. The predicted molar refractivity (Wildman–Crippen MR) is 81.3 cm³/mol. The number of hydrogen-bond donors (Lipinski definition) is 2. The number of nitrogens with one attached hydrogen (secondary N) is 2. The number of benzene rings is 1. The maximum Gasteiger partial charge on any atom is 0.377 e. The quantitative estimate of drug-likeness (QED) is 0.611. The maximum atomic E-state index is 11.8. The van der Waals surface area contributed by atoms with Crippen LogP contribution in [0.15, 0.2) is 39.3 Å². The average Bonchev–Trinajstić information content (AvgIpc) is 2.97. The van der Waals surface area contributed by atoms with Crippen LogP contribution in [0.1, 0.15) is 26.6 Å². The lowest BCUT2D eigenvalue weighted by Gasteiger charge is -2.08. The van der Waals surface area contributed by atoms with E-state index in [1.54, 1.807) is 31.2 Å². The van der Waals surface area contributed by atoms with Crippen molar-refractivity contribution in [2.45, 2.75) is 6.92 Å². The summed E-state index contributed by atoms with van der Waals surface area (Å²) in [4.78, 5) is 34.9. The van der Waals surface area contributed by atoms with Gasteiger partial charge in [-0.05, 0) is 35.0 Å². The van der Waals surface area contributed by atoms with Gasteiger partial charge in [0.25, 0.3) is 11.8 Å². The molecular weight excluding hydrogens is 370 g/mol. The van der Waals surface area contributed by atoms with Crippen molar-refractivity contribution >= 4 is 33.7 Å². The molecule has 0 unspecified atom stereocenters. The molecule has 2 N–H and O–H groups in total. The van der Waals surface area contributed by atoms with Gasteiger partial charge in [-0.1, -0.05) is 17.3 Å². The molecule has 2 amide bonds. The van der Waals surface area contributed by atoms with E-state index in [1.165, 1.54) is 6.07 Å². The molecule has 0 saturated heterocycles. The van der Waals surface area contributed by atoms with E-state index < -0.39 is 24.4 Å². The number of carbonyl (C=O) groups is 3. The highest BCUT2D eigenvalue weighted by Crippen LogP contribution is 2.15. The number of aryl methyl sites for hydroxylation is 1. The summed E-state index contributed by atoms with van der Waals surface area (Å²) in [5.74, 6) is -2.14. The van der Waals surface area contributed by atoms with Crippen molar-refractivity contribution in [3.8, 4) is 0 Å². The Morgan fingerprint density at radius 1 is 1.26 bits per heavy atom. The van der Waals surface area contributed by atoms with Crippen LogP contribution in [0.5, 0.6) is 0 Å². The second-order valence-electron chi connectivity index (χ2n) is 4.39. The lowest BCUT2D eigenvalue weighted by Crippen LogP contribution is -2.43. The van der Waals surface area contributed by atoms with Crippen LogP contribution in [0.3, 0.4) is 0 Å². The minimum Gasteiger partial charge on any atom is -0.450 e. The number of halogens is 1. The van der Waals surface area contributed by atoms with Gasteiger partial charge in [0, 0.05) is 10.5 Å². The molecule has 0 aliphatic rings. The van der Waals surface area contributed by atoms with E-state index in [1.807, 2.05) is 0 Å². The summed E-state index contributed by atoms with van der Waals surface area (Å²) < 4.78 is 10.00. The molecule has 9 heteroatoms. The zero-order valence-electron chi connectivity index (χ0n) is 12.0. The molecule has 0 bridgehead atoms. The Morgan fingerprint density at radius 3 is 2.65 bits per heavy atom. The Kier molecular flexibility index (Phi) is 5.47. The van der Waals surface area contributed by atoms with Crippen LogP contribution in [0.25, 0.3) is 0 Å². The van der Waals surface area contributed by atoms with Gasteiger partial charge in [0.15, 0.2) is 6.61 Å². The minimum absolute atomic E-state index is 0.104. The summed E-state index contributed by atoms with van der Waals surface area (Å²) in [6.07, 6.45) is 0. The highest BCUT2D eigenvalue weighted by Gasteiger charge is 2.15. The third-order valence-electron chi connectivity index (χ3n) is 2.60. The van der Waals surface area contributed by atoms with E-state index >= 15 is 0 Å². The molecule has 1 aromatic heterocycles. The standard InChI is InChI=1S/C14H12BrN3O5/c1-8-6-11(23-18-8)14(21)22-7-12(19)16-17-13(20)9-4-2-3-5-10(9)15/h2-6H,7H2,1H3,(H,16,19)(H,17,20). The molecule has 0 atom stereocenters. The van der Waals surface area contributed by atoms with Crippen LogP contribution in [-0.2, 0) is 9.53 Å². The molecule has 8 nitrogen and oxygen atoms in total. The molecule has 0 fully saturated rings. The fraction of sp³-hybridized carbons (Fsp3) is 0.143. The van der Waals surface area contributed by atoms with Crippen molar-refractivity contribution in [2.24, 2.45) is 0 Å². The van der Waals surface area contributed by atoms with Gasteiger partial charge >= 0.3 is 5.97 Å². The fourth-order valence-corrected chi connectivity index (χ4v) is 2.00. The molecule has 2 rings (SSSR count). The van der Waals surface area contributed by atoms with Crippen molar-refractivity contribution in [1.82, 2.24) is 16.0 Å². The van der Waals surface area contributed by atoms with E-state index in [-0.39, 0.29) is 5.76 Å². The molecule has 0 aliphatic heterocycles. The van der Waals surface area contributed by atoms with Gasteiger partial charge < -0.3 is 9.26 Å². The number of amides is 2. The largest absolute Gasteiger partial charge is 0.450 e. The molecule has 1 heterocycles. The number of carbonyl (C=O) groups excluding carboxylic acids is 3. The van der Waals surface area contributed by atoms with E-state index in [0.717, 1.165) is 0 Å². The fourth-order valence-electron chi connectivity index (χ4n) is 1.54. The lowest BCUT2D eigenvalue weighted by atomic mass is 10.2. The van der Waals surface area contributed by atoms with Gasteiger partial charge in [-0.3, -0.25) is 20.4 Å². The van der Waals surface area contributed by atoms with E-state index in [0.29, 0.717) is 15.7 Å². The van der Waals surface area contributed by atoms with E-state index in [2.05, 4.69) is 31.9 Å². The smallest absolute Gasteiger partial charge is 0.377 e. The summed E-state index contributed by atoms with van der Waals surface area (Å²) in [5.41, 5.74) is 5.21. The lowest BCUT2D eigenvalue weighted by molar-refractivity contribution is -0.125. The first kappa shape index (κ1) is 16.7. The molecule has 120 valence electrons. The normalized spacial score (nSPS) is 10.0. The summed E-state index contributed by atoms with van der Waals surface area (Å²) in [5, 5.41) is 3.53. The van der Waals surface area contributed by atoms with Crippen molar-refractivity contribution < 1.29 is 23.6 Å². The van der Waals surface area contributed by atoms with Crippen molar-refractivity contribution in [1.29, 1.82) is 0 Å². The van der Waals surface area contributed by atoms with Crippen LogP contribution in [0.4, 0.5) is 0 Å². The summed E-state index contributed by atoms with van der Waals surface area (Å²) in [6.45, 7) is 1.07. The number of nitrogens with zero attached hydrogens (tertiary/aromatic N) is 1. The molecule has 2 aromatic rings. The van der Waals surface area contributed by atoms with Crippen LogP contribution in [0, 0.1) is 6.92 Å². The monoisotopic (exact) mass is 381 g/mol. The number of esters is 1. The molecule has 0 saturated carbocycles. The minimum atomic E-state index is -0.821. The Balaban J connectivity index is 1.78. The summed E-state index contributed by atoms with van der Waals surface area (Å²) >= 11 is 3.22. The summed E-state index contributed by atoms with van der Waals surface area (Å²) in [7, 11) is 0. The number of hydrazine groups is 1. The van der Waals surface area contributed by atoms with Gasteiger partial charge in [-0.15, -0.1) is 0 Å². The Hall–Kier alpha value is -2.68. The number of rotatable bonds is 4. The molecular formula is C14H12BrN3O5. The van der Waals surface area contributed by atoms with E-state index in [9.17, 15) is 14.4 Å². The number of ether oxygens (including phenoxy) is 1. The van der Waals surface area contributed by atoms with Crippen molar-refractivity contribution in [3.63, 3.8) is 0 Å². The molecule has 23 heavy (non-hydrogen) atoms. The van der Waals surface area contributed by atoms with E-state index in [4.69, 9.17) is 9.26 Å². The topological polar surface area (TPSA) is 111 Å². The van der Waals surface area contributed by atoms with Crippen LogP contribution in [0.2, 0.25) is 0 Å². The number of aromatic nitrogens is 1. The molecule has 0 radical (unpaired) electrons. The second kappa shape index (κ2) is 7.54. The number of hydrogen-bond acceptors (Lipinski definition) is 6. The summed E-state index contributed by atoms with van der Waals surface area (Å²) in [6, 6.07) is 8.09. The van der Waals surface area contributed by atoms with Gasteiger partial charge in [0.2, 0.25) is 5.76 Å². The second-order valence-corrected chi connectivity index (χ2v) is 5.25. The van der Waals surface area contributed by atoms with Gasteiger partial charge in [0.1, 0.15) is 0 Å². The van der Waals surface area contributed by atoms with Crippen LogP contribution >= 0.6 is 15.9 Å². The molecule has 0 aliphatic carbocycles. The van der Waals surface area contributed by atoms with Gasteiger partial charge in [-0.2, -0.15) is 0 Å². The maximum absolute atomic E-state index is 11.8. The van der Waals surface area contributed by atoms with Crippen molar-refractivity contribution in [2.75, 3.05) is 6.61 Å². The predicted octanol–water partition coefficient (Wildman–Crippen LogP) is 1.36. The van der Waals surface area contributed by atoms with Crippen molar-refractivity contribution in [3.05, 3.63) is 51.8 Å². The Labute approximate surface area is 139 Å². The zero-order chi connectivity index (χ0) is 16.8. The van der Waals surface area contributed by atoms with Crippen LogP contribution in [-0.4, -0.2) is 29.5 Å². The Morgan fingerprint density at radius 2 is 2.00 bits per heavy atom. The third-order valence-corrected chi connectivity index (χ3v) is 3.29. The Bertz CT molecular complexity index is 744. The SMILES string of the molecule is Cc1cc(C(=O)OCC(=O)NNC(=O)c2ccccc2Br)on1. The zero-order valence-corrected chi connectivity index (χ0v) is 13.5.